The van der Waals surface area contributed by atoms with Crippen LogP contribution in [-0.4, -0.2) is 18.1 Å². The van der Waals surface area contributed by atoms with Gasteiger partial charge in [-0.05, 0) is 0 Å². The average Bonchev–Trinajstić information content (AvgIpc) is 1.56. The first-order chi connectivity index (χ1) is 4.67. The number of rotatable bonds is 1. The van der Waals surface area contributed by atoms with E-state index < -0.39 is 18.1 Å². The zero-order valence-electron chi connectivity index (χ0n) is 5.30. The zero-order valence-corrected chi connectivity index (χ0v) is 5.30. The highest BCUT2D eigenvalue weighted by Gasteiger charge is 2.58. The van der Waals surface area contributed by atoms with Crippen molar-refractivity contribution in [3.05, 3.63) is 0 Å². The van der Waals surface area contributed by atoms with E-state index in [9.17, 15) is 26.7 Å². The lowest BCUT2D eigenvalue weighted by Gasteiger charge is -2.19. The average molecular weight is 177 g/mol. The Kier molecular flexibility index (Phi) is 2.42. The number of carbonyl (C=O) groups excluding carboxylic acids is 1. The van der Waals surface area contributed by atoms with Gasteiger partial charge in [0, 0.05) is 6.92 Å². The second-order valence-corrected chi connectivity index (χ2v) is 1.75. The minimum absolute atomic E-state index is 0.462. The Hall–Kier alpha value is -0.880. The summed E-state index contributed by atoms with van der Waals surface area (Å²) < 4.78 is 57.1. The first-order valence-electron chi connectivity index (χ1n) is 2.40. The zero-order chi connectivity index (χ0) is 9.28. The third-order valence-electron chi connectivity index (χ3n) is 0.689. The SMILES string of the molecule is CC(=O)NC(F)(F)C(F)(F)F. The van der Waals surface area contributed by atoms with E-state index in [1.807, 2.05) is 0 Å². The standard InChI is InChI=1S/C4H4F5NO/c1-2(11)10-4(8,9)3(5,6)7/h1H3,(H,10,11). The van der Waals surface area contributed by atoms with E-state index in [0.717, 1.165) is 0 Å². The molecule has 0 aliphatic heterocycles. The minimum Gasteiger partial charge on any atom is -0.290 e. The molecule has 2 nitrogen and oxygen atoms in total. The summed E-state index contributed by atoms with van der Waals surface area (Å²) >= 11 is 0. The number of hydrogen-bond donors (Lipinski definition) is 1. The van der Waals surface area contributed by atoms with Crippen LogP contribution in [0.25, 0.3) is 0 Å². The molecule has 0 aliphatic rings. The molecule has 0 heterocycles. The maximum absolute atomic E-state index is 11.7. The number of nitrogens with one attached hydrogen (secondary N) is 1. The molecule has 66 valence electrons. The fourth-order valence-corrected chi connectivity index (χ4v) is 0.292. The van der Waals surface area contributed by atoms with Crippen LogP contribution in [-0.2, 0) is 4.79 Å². The maximum Gasteiger partial charge on any atom is 0.475 e. The minimum atomic E-state index is -5.74. The summed E-state index contributed by atoms with van der Waals surface area (Å²) in [5.74, 6) is -1.44. The second-order valence-electron chi connectivity index (χ2n) is 1.75. The van der Waals surface area contributed by atoms with Gasteiger partial charge in [0.1, 0.15) is 0 Å². The quantitative estimate of drug-likeness (QED) is 0.474. The van der Waals surface area contributed by atoms with Crippen LogP contribution in [0.15, 0.2) is 0 Å². The van der Waals surface area contributed by atoms with Crippen LogP contribution in [0.3, 0.4) is 0 Å². The van der Waals surface area contributed by atoms with Gasteiger partial charge >= 0.3 is 12.2 Å². The van der Waals surface area contributed by atoms with Crippen LogP contribution in [0.5, 0.6) is 0 Å². The molecule has 0 rings (SSSR count). The first-order valence-corrected chi connectivity index (χ1v) is 2.40. The number of halogens is 5. The van der Waals surface area contributed by atoms with Crippen molar-refractivity contribution in [2.24, 2.45) is 0 Å². The fourth-order valence-electron chi connectivity index (χ4n) is 0.292. The van der Waals surface area contributed by atoms with Crippen LogP contribution in [0.2, 0.25) is 0 Å². The Morgan fingerprint density at radius 3 is 1.64 bits per heavy atom. The highest BCUT2D eigenvalue weighted by Crippen LogP contribution is 2.32. The summed E-state index contributed by atoms with van der Waals surface area (Å²) in [7, 11) is 0. The van der Waals surface area contributed by atoms with Gasteiger partial charge in [-0.1, -0.05) is 0 Å². The summed E-state index contributed by atoms with van der Waals surface area (Å²) in [4.78, 5) is 9.81. The summed E-state index contributed by atoms with van der Waals surface area (Å²) in [6, 6.07) is -5.14. The normalized spacial score (nSPS) is 12.9. The predicted octanol–water partition coefficient (Wildman–Crippen LogP) is 1.28. The molecule has 0 aromatic rings. The van der Waals surface area contributed by atoms with E-state index in [1.165, 1.54) is 0 Å². The molecule has 0 spiro atoms. The molecule has 0 fully saturated rings. The Bertz CT molecular complexity index is 162. The van der Waals surface area contributed by atoms with Crippen LogP contribution < -0.4 is 5.32 Å². The van der Waals surface area contributed by atoms with E-state index in [1.54, 1.807) is 0 Å². The van der Waals surface area contributed by atoms with Gasteiger partial charge in [0.25, 0.3) is 0 Å². The molecule has 0 radical (unpaired) electrons. The molecule has 0 aromatic heterocycles. The molecular weight excluding hydrogens is 173 g/mol. The molecule has 0 aromatic carbocycles. The molecule has 0 aliphatic carbocycles. The van der Waals surface area contributed by atoms with Crippen LogP contribution in [0.4, 0.5) is 22.0 Å². The van der Waals surface area contributed by atoms with Crippen LogP contribution in [0, 0.1) is 0 Å². The van der Waals surface area contributed by atoms with Gasteiger partial charge in [0.2, 0.25) is 5.91 Å². The van der Waals surface area contributed by atoms with Crippen molar-refractivity contribution in [3.63, 3.8) is 0 Å². The van der Waals surface area contributed by atoms with Crippen molar-refractivity contribution in [1.82, 2.24) is 5.32 Å². The third kappa shape index (κ3) is 2.69. The molecule has 11 heavy (non-hydrogen) atoms. The van der Waals surface area contributed by atoms with E-state index >= 15 is 0 Å². The van der Waals surface area contributed by atoms with Crippen molar-refractivity contribution < 1.29 is 26.7 Å². The summed E-state index contributed by atoms with van der Waals surface area (Å²) in [5, 5.41) is 0.462. The first kappa shape index (κ1) is 10.1. The van der Waals surface area contributed by atoms with Crippen molar-refractivity contribution in [2.45, 2.75) is 19.1 Å². The van der Waals surface area contributed by atoms with Crippen molar-refractivity contribution in [2.75, 3.05) is 0 Å². The summed E-state index contributed by atoms with van der Waals surface area (Å²) in [6.45, 7) is 0.569. The molecule has 0 saturated carbocycles. The largest absolute Gasteiger partial charge is 0.475 e. The van der Waals surface area contributed by atoms with Gasteiger partial charge < -0.3 is 0 Å². The molecule has 0 saturated heterocycles. The second kappa shape index (κ2) is 2.63. The topological polar surface area (TPSA) is 29.1 Å². The van der Waals surface area contributed by atoms with Gasteiger partial charge in [-0.15, -0.1) is 0 Å². The lowest BCUT2D eigenvalue weighted by atomic mass is 10.5. The Morgan fingerprint density at radius 2 is 1.55 bits per heavy atom. The van der Waals surface area contributed by atoms with Gasteiger partial charge in [-0.25, -0.2) is 0 Å². The molecule has 0 atom stereocenters. The van der Waals surface area contributed by atoms with Crippen LogP contribution >= 0.6 is 0 Å². The molecular formula is C4H4F5NO. The number of amides is 1. The van der Waals surface area contributed by atoms with E-state index in [2.05, 4.69) is 0 Å². The Labute approximate surface area is 58.4 Å². The van der Waals surface area contributed by atoms with Crippen molar-refractivity contribution in [1.29, 1.82) is 0 Å². The van der Waals surface area contributed by atoms with Gasteiger partial charge in [0.05, 0.1) is 0 Å². The van der Waals surface area contributed by atoms with Crippen LogP contribution in [0.1, 0.15) is 6.92 Å². The van der Waals surface area contributed by atoms with Crippen molar-refractivity contribution in [3.8, 4) is 0 Å². The Balaban J connectivity index is 4.34. The number of carbonyl (C=O) groups is 1. The lowest BCUT2D eigenvalue weighted by molar-refractivity contribution is -0.292. The smallest absolute Gasteiger partial charge is 0.290 e. The molecule has 0 bridgehead atoms. The molecule has 1 amide bonds. The maximum atomic E-state index is 11.7. The predicted molar refractivity (Wildman–Crippen MR) is 24.8 cm³/mol. The summed E-state index contributed by atoms with van der Waals surface area (Å²) in [6.07, 6.45) is -5.74. The van der Waals surface area contributed by atoms with E-state index in [4.69, 9.17) is 0 Å². The van der Waals surface area contributed by atoms with E-state index in [-0.39, 0.29) is 0 Å². The van der Waals surface area contributed by atoms with Gasteiger partial charge in [0.15, 0.2) is 0 Å². The fraction of sp³-hybridized carbons (Fsp3) is 0.750. The number of hydrogen-bond acceptors (Lipinski definition) is 1. The Morgan fingerprint density at radius 1 is 1.18 bits per heavy atom. The molecule has 7 heteroatoms. The summed E-state index contributed by atoms with van der Waals surface area (Å²) in [5.41, 5.74) is 0. The van der Waals surface area contributed by atoms with Crippen molar-refractivity contribution >= 4 is 5.91 Å². The monoisotopic (exact) mass is 177 g/mol. The lowest BCUT2D eigenvalue weighted by Crippen LogP contribution is -2.51. The molecule has 1 N–H and O–H groups in total. The number of alkyl halides is 5. The van der Waals surface area contributed by atoms with Gasteiger partial charge in [-0.2, -0.15) is 22.0 Å². The molecule has 0 unspecified atom stereocenters. The van der Waals surface area contributed by atoms with E-state index in [0.29, 0.717) is 12.2 Å². The third-order valence-corrected chi connectivity index (χ3v) is 0.689. The van der Waals surface area contributed by atoms with Gasteiger partial charge in [-0.3, -0.25) is 10.1 Å². The highest BCUT2D eigenvalue weighted by atomic mass is 19.4. The highest BCUT2D eigenvalue weighted by molar-refractivity contribution is 5.73.